The minimum absolute atomic E-state index is 0.0856. The third-order valence-electron chi connectivity index (χ3n) is 7.20. The number of Topliss-reactive ketones (excluding diaryl/α,β-unsaturated/α-hetero) is 1. The number of nitrogens with one attached hydrogen (secondary N) is 1. The number of alkyl halides is 3. The Morgan fingerprint density at radius 2 is 1.90 bits per heavy atom. The van der Waals surface area contributed by atoms with E-state index in [1.54, 1.807) is 25.3 Å². The summed E-state index contributed by atoms with van der Waals surface area (Å²) >= 11 is 0. The van der Waals surface area contributed by atoms with Crippen LogP contribution in [0.2, 0.25) is 0 Å². The molecule has 208 valence electrons. The van der Waals surface area contributed by atoms with Crippen molar-refractivity contribution in [2.24, 2.45) is 5.73 Å². The SMILES string of the molecule is COc1cc(C(=O)CC[C@@](O)(c2cc3c(c(-c4ccc(F)cc4)n2)NC[C@@]3(C)N)C(F)(F)F)cc2cccnc12. The molecule has 0 unspecified atom stereocenters. The van der Waals surface area contributed by atoms with E-state index >= 15 is 0 Å². The van der Waals surface area contributed by atoms with Crippen molar-refractivity contribution in [1.82, 2.24) is 9.97 Å². The third-order valence-corrected chi connectivity index (χ3v) is 7.20. The first-order valence-corrected chi connectivity index (χ1v) is 12.4. The zero-order valence-corrected chi connectivity index (χ0v) is 21.6. The van der Waals surface area contributed by atoms with E-state index in [0.29, 0.717) is 33.5 Å². The molecule has 40 heavy (non-hydrogen) atoms. The minimum Gasteiger partial charge on any atom is -0.494 e. The fourth-order valence-electron chi connectivity index (χ4n) is 4.90. The number of nitrogens with zero attached hydrogens (tertiary/aromatic N) is 2. The number of fused-ring (bicyclic) bond motifs is 2. The minimum atomic E-state index is -5.18. The molecule has 2 aromatic carbocycles. The van der Waals surface area contributed by atoms with E-state index in [-0.39, 0.29) is 17.8 Å². The maximum atomic E-state index is 14.6. The van der Waals surface area contributed by atoms with Gasteiger partial charge >= 0.3 is 6.18 Å². The van der Waals surface area contributed by atoms with Crippen LogP contribution < -0.4 is 15.8 Å². The maximum absolute atomic E-state index is 14.6. The molecule has 0 saturated carbocycles. The molecule has 0 bridgehead atoms. The van der Waals surface area contributed by atoms with Gasteiger partial charge in [-0.05, 0) is 61.9 Å². The van der Waals surface area contributed by atoms with E-state index in [0.717, 1.165) is 18.2 Å². The number of nitrogens with two attached hydrogens (primary N) is 1. The Hall–Kier alpha value is -4.09. The van der Waals surface area contributed by atoms with Crippen LogP contribution in [-0.4, -0.2) is 40.7 Å². The van der Waals surface area contributed by atoms with Crippen molar-refractivity contribution < 1.29 is 32.2 Å². The average Bonchev–Trinajstić information content (AvgIpc) is 3.24. The smallest absolute Gasteiger partial charge is 0.422 e. The van der Waals surface area contributed by atoms with Gasteiger partial charge in [0.15, 0.2) is 5.78 Å². The van der Waals surface area contributed by atoms with Gasteiger partial charge in [0, 0.05) is 41.2 Å². The molecule has 2 atom stereocenters. The molecule has 0 aliphatic carbocycles. The van der Waals surface area contributed by atoms with Gasteiger partial charge in [0.25, 0.3) is 0 Å². The van der Waals surface area contributed by atoms with E-state index in [4.69, 9.17) is 10.5 Å². The largest absolute Gasteiger partial charge is 0.494 e. The molecule has 0 radical (unpaired) electrons. The second-order valence-electron chi connectivity index (χ2n) is 10.1. The number of halogens is 4. The van der Waals surface area contributed by atoms with Gasteiger partial charge in [0.1, 0.15) is 17.1 Å². The number of pyridine rings is 2. The fraction of sp³-hybridized carbons (Fsp3) is 0.276. The molecular formula is C29H26F4N4O3. The van der Waals surface area contributed by atoms with Crippen LogP contribution in [0, 0.1) is 5.82 Å². The van der Waals surface area contributed by atoms with E-state index in [1.165, 1.54) is 31.4 Å². The first kappa shape index (κ1) is 27.5. The van der Waals surface area contributed by atoms with Gasteiger partial charge < -0.3 is 20.9 Å². The number of carbonyl (C=O) groups excluding carboxylic acids is 1. The monoisotopic (exact) mass is 554 g/mol. The molecule has 11 heteroatoms. The Kier molecular flexibility index (Phi) is 6.75. The Morgan fingerprint density at radius 1 is 1.18 bits per heavy atom. The van der Waals surface area contributed by atoms with Gasteiger partial charge in [-0.3, -0.25) is 9.78 Å². The molecule has 2 aromatic heterocycles. The molecule has 3 heterocycles. The highest BCUT2D eigenvalue weighted by Gasteiger charge is 2.56. The molecule has 1 aliphatic rings. The molecule has 0 fully saturated rings. The first-order chi connectivity index (χ1) is 18.8. The summed E-state index contributed by atoms with van der Waals surface area (Å²) in [5, 5.41) is 14.9. The Labute approximate surface area is 227 Å². The number of ether oxygens (including phenoxy) is 1. The molecule has 7 nitrogen and oxygen atoms in total. The zero-order chi connectivity index (χ0) is 28.9. The lowest BCUT2D eigenvalue weighted by Crippen LogP contribution is -2.44. The van der Waals surface area contributed by atoms with Gasteiger partial charge in [0.2, 0.25) is 5.60 Å². The van der Waals surface area contributed by atoms with Gasteiger partial charge in [-0.25, -0.2) is 9.37 Å². The molecule has 4 N–H and O–H groups in total. The number of benzene rings is 2. The number of carbonyl (C=O) groups is 1. The molecule has 5 rings (SSSR count). The summed E-state index contributed by atoms with van der Waals surface area (Å²) < 4.78 is 62.6. The van der Waals surface area contributed by atoms with E-state index in [1.807, 2.05) is 0 Å². The average molecular weight is 555 g/mol. The summed E-state index contributed by atoms with van der Waals surface area (Å²) in [7, 11) is 1.40. The number of anilines is 1. The van der Waals surface area contributed by atoms with E-state index in [2.05, 4.69) is 15.3 Å². The van der Waals surface area contributed by atoms with Crippen LogP contribution >= 0.6 is 0 Å². The van der Waals surface area contributed by atoms with Crippen molar-refractivity contribution in [2.45, 2.75) is 37.1 Å². The lowest BCUT2D eigenvalue weighted by Gasteiger charge is -2.31. The second kappa shape index (κ2) is 9.83. The number of rotatable bonds is 7. The Balaban J connectivity index is 1.56. The van der Waals surface area contributed by atoms with E-state index < -0.39 is 47.5 Å². The van der Waals surface area contributed by atoms with Crippen molar-refractivity contribution in [3.8, 4) is 17.0 Å². The van der Waals surface area contributed by atoms with Gasteiger partial charge in [0.05, 0.1) is 29.7 Å². The highest BCUT2D eigenvalue weighted by molar-refractivity contribution is 6.01. The lowest BCUT2D eigenvalue weighted by molar-refractivity contribution is -0.270. The zero-order valence-electron chi connectivity index (χ0n) is 21.6. The highest BCUT2D eigenvalue weighted by Crippen LogP contribution is 2.47. The van der Waals surface area contributed by atoms with Crippen molar-refractivity contribution in [3.05, 3.63) is 83.4 Å². The van der Waals surface area contributed by atoms with Crippen LogP contribution in [0.15, 0.2) is 60.8 Å². The van der Waals surface area contributed by atoms with Crippen molar-refractivity contribution in [3.63, 3.8) is 0 Å². The van der Waals surface area contributed by atoms with Crippen LogP contribution in [0.25, 0.3) is 22.2 Å². The number of methoxy groups -OCH3 is 1. The number of hydrogen-bond acceptors (Lipinski definition) is 7. The van der Waals surface area contributed by atoms with Crippen LogP contribution in [0.3, 0.4) is 0 Å². The summed E-state index contributed by atoms with van der Waals surface area (Å²) in [6.07, 6.45) is -5.27. The summed E-state index contributed by atoms with van der Waals surface area (Å²) in [6.45, 7) is 1.85. The van der Waals surface area contributed by atoms with Gasteiger partial charge in [-0.2, -0.15) is 13.2 Å². The number of hydrogen-bond donors (Lipinski definition) is 3. The van der Waals surface area contributed by atoms with Crippen LogP contribution in [-0.2, 0) is 11.1 Å². The number of aromatic nitrogens is 2. The quantitative estimate of drug-likeness (QED) is 0.206. The maximum Gasteiger partial charge on any atom is 0.422 e. The molecule has 1 aliphatic heterocycles. The summed E-state index contributed by atoms with van der Waals surface area (Å²) in [5.74, 6) is -0.858. The fourth-order valence-corrected chi connectivity index (χ4v) is 4.90. The standard InChI is InChI=1S/C29H26F4N4O3/c1-27(34)15-36-26-20(27)14-23(37-25(26)16-5-7-19(30)8-6-16)28(39,29(31,32)33)10-9-21(38)18-12-17-4-3-11-35-24(17)22(13-18)40-2/h3-8,11-14,36,39H,9-10,15,34H2,1-2H3/t27-,28-/m1/s1. The van der Waals surface area contributed by atoms with Crippen LogP contribution in [0.5, 0.6) is 5.75 Å². The summed E-state index contributed by atoms with van der Waals surface area (Å²) in [4.78, 5) is 21.6. The summed E-state index contributed by atoms with van der Waals surface area (Å²) in [5.41, 5.74) is 2.88. The molecule has 0 spiro atoms. The van der Waals surface area contributed by atoms with Crippen LogP contribution in [0.4, 0.5) is 23.2 Å². The predicted octanol–water partition coefficient (Wildman–Crippen LogP) is 5.46. The van der Waals surface area contributed by atoms with Crippen molar-refractivity contribution >= 4 is 22.4 Å². The molecular weight excluding hydrogens is 528 g/mol. The van der Waals surface area contributed by atoms with Gasteiger partial charge in [-0.15, -0.1) is 0 Å². The van der Waals surface area contributed by atoms with Crippen molar-refractivity contribution in [2.75, 3.05) is 19.0 Å². The first-order valence-electron chi connectivity index (χ1n) is 12.4. The molecule has 4 aromatic rings. The number of aliphatic hydroxyl groups is 1. The lowest BCUT2D eigenvalue weighted by atomic mass is 9.86. The third kappa shape index (κ3) is 4.75. The topological polar surface area (TPSA) is 110 Å². The van der Waals surface area contributed by atoms with Crippen LogP contribution in [0.1, 0.15) is 41.4 Å². The second-order valence-corrected chi connectivity index (χ2v) is 10.1. The number of ketones is 1. The molecule has 0 saturated heterocycles. The normalized spacial score (nSPS) is 18.2. The summed E-state index contributed by atoms with van der Waals surface area (Å²) in [6, 6.07) is 12.5. The highest BCUT2D eigenvalue weighted by atomic mass is 19.4. The van der Waals surface area contributed by atoms with Crippen molar-refractivity contribution in [1.29, 1.82) is 0 Å². The Bertz CT molecular complexity index is 1610. The molecule has 0 amide bonds. The van der Waals surface area contributed by atoms with E-state index in [9.17, 15) is 27.5 Å². The Morgan fingerprint density at radius 3 is 2.58 bits per heavy atom. The van der Waals surface area contributed by atoms with Gasteiger partial charge in [-0.1, -0.05) is 6.07 Å². The predicted molar refractivity (Wildman–Crippen MR) is 141 cm³/mol.